The van der Waals surface area contributed by atoms with Gasteiger partial charge in [-0.2, -0.15) is 0 Å². The normalized spacial score (nSPS) is 14.4. The van der Waals surface area contributed by atoms with Crippen LogP contribution in [0.4, 0.5) is 0 Å². The highest BCUT2D eigenvalue weighted by atomic mass is 16.2. The first-order chi connectivity index (χ1) is 12.2. The number of rotatable bonds is 2. The number of aromatic nitrogens is 2. The Morgan fingerprint density at radius 2 is 2.04 bits per heavy atom. The van der Waals surface area contributed by atoms with Gasteiger partial charge in [-0.1, -0.05) is 18.2 Å². The van der Waals surface area contributed by atoms with Crippen molar-refractivity contribution in [2.45, 2.75) is 0 Å². The Morgan fingerprint density at radius 1 is 1.16 bits per heavy atom. The van der Waals surface area contributed by atoms with Gasteiger partial charge in [0, 0.05) is 36.4 Å². The van der Waals surface area contributed by atoms with Crippen molar-refractivity contribution in [2.24, 2.45) is 0 Å². The monoisotopic (exact) mass is 332 g/mol. The highest BCUT2D eigenvalue weighted by Crippen LogP contribution is 2.25. The lowest BCUT2D eigenvalue weighted by atomic mass is 10.0. The molecule has 0 aliphatic carbocycles. The highest BCUT2D eigenvalue weighted by Gasteiger charge is 2.24. The van der Waals surface area contributed by atoms with E-state index in [9.17, 15) is 9.59 Å². The zero-order valence-electron chi connectivity index (χ0n) is 13.5. The molecule has 1 saturated heterocycles. The molecule has 6 nitrogen and oxygen atoms in total. The third-order valence-electron chi connectivity index (χ3n) is 4.23. The first-order valence-electron chi connectivity index (χ1n) is 8.08. The van der Waals surface area contributed by atoms with Crippen LogP contribution in [0.5, 0.6) is 0 Å². The minimum atomic E-state index is -0.154. The van der Waals surface area contributed by atoms with Gasteiger partial charge in [-0.25, -0.2) is 4.98 Å². The standard InChI is InChI=1S/C19H16N4O2/c24-18-12-23(9-8-21-18)19(25)15-10-17(13-4-3-7-20-11-13)22-16-6-2-1-5-14(15)16/h1-7,10-11H,8-9,12H2,(H,21,24). The zero-order valence-corrected chi connectivity index (χ0v) is 13.5. The maximum Gasteiger partial charge on any atom is 0.255 e. The molecule has 0 spiro atoms. The molecule has 1 N–H and O–H groups in total. The molecule has 2 aromatic heterocycles. The topological polar surface area (TPSA) is 75.2 Å². The van der Waals surface area contributed by atoms with Crippen LogP contribution < -0.4 is 5.32 Å². The van der Waals surface area contributed by atoms with Crippen molar-refractivity contribution in [3.63, 3.8) is 0 Å². The van der Waals surface area contributed by atoms with Crippen LogP contribution in [0.1, 0.15) is 10.4 Å². The van der Waals surface area contributed by atoms with Crippen LogP contribution in [0.15, 0.2) is 54.9 Å². The first kappa shape index (κ1) is 15.3. The third-order valence-corrected chi connectivity index (χ3v) is 4.23. The Hall–Kier alpha value is -3.28. The average molecular weight is 332 g/mol. The molecule has 0 atom stereocenters. The summed E-state index contributed by atoms with van der Waals surface area (Å²) in [6, 6.07) is 13.1. The number of para-hydroxylation sites is 1. The number of fused-ring (bicyclic) bond motifs is 1. The predicted octanol–water partition coefficient (Wildman–Crippen LogP) is 1.87. The maximum absolute atomic E-state index is 13.0. The van der Waals surface area contributed by atoms with E-state index in [1.165, 1.54) is 0 Å². The Labute approximate surface area is 144 Å². The molecule has 2 amide bonds. The van der Waals surface area contributed by atoms with Crippen LogP contribution in [0.3, 0.4) is 0 Å². The van der Waals surface area contributed by atoms with Gasteiger partial charge in [-0.15, -0.1) is 0 Å². The Morgan fingerprint density at radius 3 is 2.84 bits per heavy atom. The van der Waals surface area contributed by atoms with E-state index in [0.717, 1.165) is 16.5 Å². The number of pyridine rings is 2. The van der Waals surface area contributed by atoms with Crippen molar-refractivity contribution in [1.29, 1.82) is 0 Å². The van der Waals surface area contributed by atoms with Gasteiger partial charge in [0.2, 0.25) is 5.91 Å². The van der Waals surface area contributed by atoms with E-state index in [1.807, 2.05) is 36.4 Å². The summed E-state index contributed by atoms with van der Waals surface area (Å²) in [6.07, 6.45) is 3.42. The van der Waals surface area contributed by atoms with Crippen LogP contribution >= 0.6 is 0 Å². The van der Waals surface area contributed by atoms with Crippen LogP contribution in [-0.2, 0) is 4.79 Å². The zero-order chi connectivity index (χ0) is 17.2. The van der Waals surface area contributed by atoms with Crippen molar-refractivity contribution in [2.75, 3.05) is 19.6 Å². The van der Waals surface area contributed by atoms with Gasteiger partial charge in [0.1, 0.15) is 0 Å². The lowest BCUT2D eigenvalue weighted by molar-refractivity contribution is -0.123. The lowest BCUT2D eigenvalue weighted by Gasteiger charge is -2.27. The van der Waals surface area contributed by atoms with E-state index in [4.69, 9.17) is 0 Å². The third kappa shape index (κ3) is 2.94. The van der Waals surface area contributed by atoms with Crippen molar-refractivity contribution < 1.29 is 9.59 Å². The van der Waals surface area contributed by atoms with Gasteiger partial charge >= 0.3 is 0 Å². The SMILES string of the molecule is O=C1CN(C(=O)c2cc(-c3cccnc3)nc3ccccc23)CCN1. The fraction of sp³-hybridized carbons (Fsp3) is 0.158. The van der Waals surface area contributed by atoms with E-state index in [-0.39, 0.29) is 18.4 Å². The minimum Gasteiger partial charge on any atom is -0.353 e. The van der Waals surface area contributed by atoms with E-state index < -0.39 is 0 Å². The number of carbonyl (C=O) groups excluding carboxylic acids is 2. The van der Waals surface area contributed by atoms with Crippen molar-refractivity contribution in [3.8, 4) is 11.3 Å². The van der Waals surface area contributed by atoms with Crippen molar-refractivity contribution in [1.82, 2.24) is 20.2 Å². The summed E-state index contributed by atoms with van der Waals surface area (Å²) in [7, 11) is 0. The smallest absolute Gasteiger partial charge is 0.255 e. The molecule has 1 aromatic carbocycles. The average Bonchev–Trinajstić information content (AvgIpc) is 2.67. The number of hydrogen-bond acceptors (Lipinski definition) is 4. The van der Waals surface area contributed by atoms with Gasteiger partial charge in [-0.3, -0.25) is 14.6 Å². The quantitative estimate of drug-likeness (QED) is 0.777. The molecule has 4 rings (SSSR count). The summed E-state index contributed by atoms with van der Waals surface area (Å²) in [4.78, 5) is 35.0. The second kappa shape index (κ2) is 6.32. The van der Waals surface area contributed by atoms with Crippen molar-refractivity contribution >= 4 is 22.7 Å². The number of nitrogens with zero attached hydrogens (tertiary/aromatic N) is 3. The molecular formula is C19H16N4O2. The number of hydrogen-bond donors (Lipinski definition) is 1. The number of piperazine rings is 1. The minimum absolute atomic E-state index is 0.0811. The second-order valence-electron chi connectivity index (χ2n) is 5.89. The lowest BCUT2D eigenvalue weighted by Crippen LogP contribution is -2.50. The Balaban J connectivity index is 1.84. The molecule has 3 aromatic rings. The van der Waals surface area contributed by atoms with Gasteiger partial charge in [0.05, 0.1) is 23.3 Å². The first-order valence-corrected chi connectivity index (χ1v) is 8.08. The van der Waals surface area contributed by atoms with Crippen LogP contribution in [0.2, 0.25) is 0 Å². The number of carbonyl (C=O) groups is 2. The van der Waals surface area contributed by atoms with E-state index >= 15 is 0 Å². The van der Waals surface area contributed by atoms with Crippen LogP contribution in [-0.4, -0.2) is 46.3 Å². The number of nitrogens with one attached hydrogen (secondary N) is 1. The summed E-state index contributed by atoms with van der Waals surface area (Å²) >= 11 is 0. The summed E-state index contributed by atoms with van der Waals surface area (Å²) in [5.74, 6) is -0.288. The molecule has 3 heterocycles. The number of benzene rings is 1. The molecule has 25 heavy (non-hydrogen) atoms. The molecule has 0 radical (unpaired) electrons. The second-order valence-corrected chi connectivity index (χ2v) is 5.89. The molecule has 0 unspecified atom stereocenters. The molecule has 6 heteroatoms. The molecule has 0 saturated carbocycles. The fourth-order valence-electron chi connectivity index (χ4n) is 3.00. The molecule has 1 fully saturated rings. The molecule has 0 bridgehead atoms. The van der Waals surface area contributed by atoms with Gasteiger partial charge < -0.3 is 10.2 Å². The van der Waals surface area contributed by atoms with Gasteiger partial charge in [0.15, 0.2) is 0 Å². The van der Waals surface area contributed by atoms with Crippen LogP contribution in [0.25, 0.3) is 22.2 Å². The summed E-state index contributed by atoms with van der Waals surface area (Å²) < 4.78 is 0. The Kier molecular flexibility index (Phi) is 3.85. The maximum atomic E-state index is 13.0. The van der Waals surface area contributed by atoms with E-state index in [1.54, 1.807) is 23.4 Å². The van der Waals surface area contributed by atoms with Crippen molar-refractivity contribution in [3.05, 3.63) is 60.4 Å². The molecule has 1 aliphatic heterocycles. The summed E-state index contributed by atoms with van der Waals surface area (Å²) in [5.41, 5.74) is 2.84. The molecular weight excluding hydrogens is 316 g/mol. The van der Waals surface area contributed by atoms with Crippen LogP contribution in [0, 0.1) is 0 Å². The Bertz CT molecular complexity index is 956. The summed E-state index contributed by atoms with van der Waals surface area (Å²) in [5, 5.41) is 3.52. The number of amides is 2. The largest absolute Gasteiger partial charge is 0.353 e. The molecule has 124 valence electrons. The summed E-state index contributed by atoms with van der Waals surface area (Å²) in [6.45, 7) is 1.06. The fourth-order valence-corrected chi connectivity index (χ4v) is 3.00. The van der Waals surface area contributed by atoms with Gasteiger partial charge in [0.25, 0.3) is 5.91 Å². The predicted molar refractivity (Wildman–Crippen MR) is 93.9 cm³/mol. The van der Waals surface area contributed by atoms with E-state index in [2.05, 4.69) is 15.3 Å². The van der Waals surface area contributed by atoms with Gasteiger partial charge in [-0.05, 0) is 24.3 Å². The highest BCUT2D eigenvalue weighted by molar-refractivity contribution is 6.08. The molecule has 1 aliphatic rings. The van der Waals surface area contributed by atoms with E-state index in [0.29, 0.717) is 24.3 Å².